The molecule has 9 heteroatoms. The van der Waals surface area contributed by atoms with Gasteiger partial charge >= 0.3 is 0 Å². The van der Waals surface area contributed by atoms with Crippen molar-refractivity contribution < 1.29 is 14.3 Å². The molecule has 2 heterocycles. The maximum Gasteiger partial charge on any atom is 0.254 e. The Balaban J connectivity index is 1.87. The number of halogens is 1. The molecule has 1 fully saturated rings. The van der Waals surface area contributed by atoms with Crippen LogP contribution in [0.15, 0.2) is 24.4 Å². The molecule has 0 atom stereocenters. The summed E-state index contributed by atoms with van der Waals surface area (Å²) in [6, 6.07) is 5.31. The van der Waals surface area contributed by atoms with Gasteiger partial charge in [0.15, 0.2) is 0 Å². The largest absolute Gasteiger partial charge is 0.489 e. The Kier molecular flexibility index (Phi) is 6.53. The van der Waals surface area contributed by atoms with Gasteiger partial charge in [0.2, 0.25) is 5.95 Å². The molecular weight excluding hydrogens is 382 g/mol. The predicted octanol–water partition coefficient (Wildman–Crippen LogP) is 3.17. The zero-order valence-corrected chi connectivity index (χ0v) is 16.9. The monoisotopic (exact) mass is 405 g/mol. The third kappa shape index (κ3) is 4.82. The van der Waals surface area contributed by atoms with Gasteiger partial charge in [-0.2, -0.15) is 4.98 Å². The molecule has 1 amide bonds. The fourth-order valence-corrected chi connectivity index (χ4v) is 2.97. The maximum atomic E-state index is 12.8. The number of anilines is 3. The van der Waals surface area contributed by atoms with Crippen LogP contribution in [-0.4, -0.2) is 60.2 Å². The highest BCUT2D eigenvalue weighted by Crippen LogP contribution is 2.30. The summed E-state index contributed by atoms with van der Waals surface area (Å²) in [4.78, 5) is 23.1. The highest BCUT2D eigenvalue weighted by atomic mass is 35.5. The van der Waals surface area contributed by atoms with Gasteiger partial charge in [-0.3, -0.25) is 4.79 Å². The lowest BCUT2D eigenvalue weighted by Gasteiger charge is -2.27. The first-order valence-corrected chi connectivity index (χ1v) is 9.50. The number of morpholine rings is 1. The van der Waals surface area contributed by atoms with Gasteiger partial charge < -0.3 is 25.0 Å². The van der Waals surface area contributed by atoms with Crippen LogP contribution < -0.4 is 15.4 Å². The average Bonchev–Trinajstić information content (AvgIpc) is 2.70. The summed E-state index contributed by atoms with van der Waals surface area (Å²) >= 11 is 6.04. The molecule has 150 valence electrons. The molecule has 3 rings (SSSR count). The number of carbonyl (C=O) groups excluding carboxylic acids is 1. The Bertz CT molecular complexity index is 840. The summed E-state index contributed by atoms with van der Waals surface area (Å²) in [7, 11) is 1.73. The second-order valence-corrected chi connectivity index (χ2v) is 6.95. The minimum Gasteiger partial charge on any atom is -0.489 e. The van der Waals surface area contributed by atoms with Crippen LogP contribution in [0.1, 0.15) is 24.2 Å². The average molecular weight is 406 g/mol. The Labute approximate surface area is 169 Å². The van der Waals surface area contributed by atoms with Gasteiger partial charge in [-0.05, 0) is 32.0 Å². The highest BCUT2D eigenvalue weighted by Gasteiger charge is 2.20. The van der Waals surface area contributed by atoms with E-state index in [4.69, 9.17) is 21.1 Å². The van der Waals surface area contributed by atoms with E-state index in [1.165, 1.54) is 6.20 Å². The van der Waals surface area contributed by atoms with Crippen LogP contribution in [0.3, 0.4) is 0 Å². The van der Waals surface area contributed by atoms with E-state index in [0.717, 1.165) is 0 Å². The summed E-state index contributed by atoms with van der Waals surface area (Å²) in [6.45, 7) is 6.15. The van der Waals surface area contributed by atoms with Crippen LogP contribution >= 0.6 is 11.6 Å². The van der Waals surface area contributed by atoms with Crippen LogP contribution in [0.2, 0.25) is 5.02 Å². The molecule has 1 saturated heterocycles. The fraction of sp³-hybridized carbons (Fsp3) is 0.421. The normalized spacial score (nSPS) is 14.1. The van der Waals surface area contributed by atoms with E-state index in [0.29, 0.717) is 60.1 Å². The van der Waals surface area contributed by atoms with Crippen molar-refractivity contribution in [2.75, 3.05) is 44.0 Å². The number of aromatic nitrogens is 2. The number of nitrogens with one attached hydrogen (secondary N) is 2. The van der Waals surface area contributed by atoms with Crippen LogP contribution in [0, 0.1) is 0 Å². The van der Waals surface area contributed by atoms with E-state index in [1.54, 1.807) is 30.1 Å². The van der Waals surface area contributed by atoms with Gasteiger partial charge in [0.05, 0.1) is 31.2 Å². The van der Waals surface area contributed by atoms with Crippen LogP contribution in [0.25, 0.3) is 0 Å². The number of nitrogens with zero attached hydrogens (tertiary/aromatic N) is 3. The van der Waals surface area contributed by atoms with Crippen LogP contribution in [0.4, 0.5) is 17.5 Å². The van der Waals surface area contributed by atoms with Crippen molar-refractivity contribution in [3.63, 3.8) is 0 Å². The Hall–Kier alpha value is -2.58. The molecule has 2 N–H and O–H groups in total. The summed E-state index contributed by atoms with van der Waals surface area (Å²) in [5.74, 6) is 1.40. The molecule has 8 nitrogen and oxygen atoms in total. The smallest absolute Gasteiger partial charge is 0.254 e. The minimum atomic E-state index is -0.0618. The first-order valence-electron chi connectivity index (χ1n) is 9.13. The van der Waals surface area contributed by atoms with Crippen LogP contribution in [0.5, 0.6) is 5.75 Å². The lowest BCUT2D eigenvalue weighted by Crippen LogP contribution is -2.40. The van der Waals surface area contributed by atoms with Gasteiger partial charge in [0, 0.05) is 25.7 Å². The molecule has 0 spiro atoms. The number of hydrogen-bond acceptors (Lipinski definition) is 7. The number of benzene rings is 1. The molecule has 2 aromatic rings. The molecule has 0 aliphatic carbocycles. The van der Waals surface area contributed by atoms with E-state index in [-0.39, 0.29) is 12.0 Å². The van der Waals surface area contributed by atoms with Crippen molar-refractivity contribution in [1.82, 2.24) is 14.9 Å². The van der Waals surface area contributed by atoms with E-state index >= 15 is 0 Å². The molecular formula is C19H24ClN5O3. The second-order valence-electron chi connectivity index (χ2n) is 6.55. The summed E-state index contributed by atoms with van der Waals surface area (Å²) in [5.41, 5.74) is 1.23. The first kappa shape index (κ1) is 20.2. The predicted molar refractivity (Wildman–Crippen MR) is 109 cm³/mol. The van der Waals surface area contributed by atoms with Crippen molar-refractivity contribution in [3.8, 4) is 5.75 Å². The van der Waals surface area contributed by atoms with Gasteiger partial charge in [-0.1, -0.05) is 11.6 Å². The van der Waals surface area contributed by atoms with E-state index in [2.05, 4.69) is 20.6 Å². The van der Waals surface area contributed by atoms with Crippen molar-refractivity contribution in [2.45, 2.75) is 20.0 Å². The topological polar surface area (TPSA) is 88.6 Å². The maximum absolute atomic E-state index is 12.8. The van der Waals surface area contributed by atoms with Crippen molar-refractivity contribution in [3.05, 3.63) is 35.0 Å². The lowest BCUT2D eigenvalue weighted by atomic mass is 10.1. The van der Waals surface area contributed by atoms with Gasteiger partial charge in [0.25, 0.3) is 5.91 Å². The number of ether oxygens (including phenoxy) is 2. The van der Waals surface area contributed by atoms with Crippen molar-refractivity contribution in [1.29, 1.82) is 0 Å². The zero-order chi connectivity index (χ0) is 20.1. The fourth-order valence-electron chi connectivity index (χ4n) is 2.78. The summed E-state index contributed by atoms with van der Waals surface area (Å²) < 4.78 is 11.2. The molecule has 1 aliphatic heterocycles. The molecule has 1 aromatic carbocycles. The number of hydrogen-bond donors (Lipinski definition) is 2. The summed E-state index contributed by atoms with van der Waals surface area (Å²) in [5, 5.41) is 6.48. The number of carbonyl (C=O) groups is 1. The Morgan fingerprint density at radius 2 is 2.07 bits per heavy atom. The summed E-state index contributed by atoms with van der Waals surface area (Å²) in [6.07, 6.45) is 1.45. The highest BCUT2D eigenvalue weighted by molar-refractivity contribution is 6.32. The number of amides is 1. The second kappa shape index (κ2) is 9.07. The van der Waals surface area contributed by atoms with Crippen molar-refractivity contribution in [2.24, 2.45) is 0 Å². The Morgan fingerprint density at radius 3 is 2.75 bits per heavy atom. The van der Waals surface area contributed by atoms with Crippen molar-refractivity contribution >= 4 is 35.0 Å². The van der Waals surface area contributed by atoms with E-state index < -0.39 is 0 Å². The first-order chi connectivity index (χ1) is 13.5. The zero-order valence-electron chi connectivity index (χ0n) is 16.2. The lowest BCUT2D eigenvalue weighted by molar-refractivity contribution is 0.0302. The molecule has 0 bridgehead atoms. The van der Waals surface area contributed by atoms with Gasteiger partial charge in [0.1, 0.15) is 16.6 Å². The minimum absolute atomic E-state index is 0.0383. The standard InChI is InChI=1S/C19H24ClN5O3/c1-12(2)28-16-10-13(18(26)25-6-8-27-9-7-25)4-5-15(16)23-19-22-11-14(20)17(21-3)24-19/h4-5,10-12H,6-9H2,1-3H3,(H2,21,22,23,24). The quantitative estimate of drug-likeness (QED) is 0.762. The number of rotatable bonds is 6. The molecule has 0 radical (unpaired) electrons. The van der Waals surface area contributed by atoms with Gasteiger partial charge in [-0.25, -0.2) is 4.98 Å². The molecule has 1 aromatic heterocycles. The van der Waals surface area contributed by atoms with Crippen LogP contribution in [-0.2, 0) is 4.74 Å². The van der Waals surface area contributed by atoms with Gasteiger partial charge in [-0.15, -0.1) is 0 Å². The molecule has 1 aliphatic rings. The van der Waals surface area contributed by atoms with E-state index in [1.807, 2.05) is 13.8 Å². The SMILES string of the molecule is CNc1nc(Nc2ccc(C(=O)N3CCOCC3)cc2OC(C)C)ncc1Cl. The molecule has 0 saturated carbocycles. The molecule has 0 unspecified atom stereocenters. The third-order valence-electron chi connectivity index (χ3n) is 4.12. The molecule has 28 heavy (non-hydrogen) atoms. The third-order valence-corrected chi connectivity index (χ3v) is 4.39. The van der Waals surface area contributed by atoms with E-state index in [9.17, 15) is 4.79 Å². The Morgan fingerprint density at radius 1 is 1.32 bits per heavy atom.